The van der Waals surface area contributed by atoms with Gasteiger partial charge in [0.1, 0.15) is 17.2 Å². The molecule has 5 rings (SSSR count). The molecule has 46 heavy (non-hydrogen) atoms. The molecule has 0 saturated carbocycles. The van der Waals surface area contributed by atoms with Crippen molar-refractivity contribution in [1.82, 2.24) is 14.9 Å². The maximum absolute atomic E-state index is 13.1. The van der Waals surface area contributed by atoms with E-state index in [1.165, 1.54) is 10.4 Å². The highest BCUT2D eigenvalue weighted by molar-refractivity contribution is 7.89. The number of fused-ring (bicyclic) bond motifs is 2. The number of carboxylic acid groups (broad SMARTS) is 1. The Morgan fingerprint density at radius 3 is 2.13 bits per heavy atom. The van der Waals surface area contributed by atoms with E-state index < -0.39 is 39.9 Å². The van der Waals surface area contributed by atoms with E-state index in [4.69, 9.17) is 13.9 Å². The van der Waals surface area contributed by atoms with Crippen LogP contribution in [0, 0.1) is 5.92 Å². The monoisotopic (exact) mass is 653 g/mol. The minimum atomic E-state index is -3.50. The summed E-state index contributed by atoms with van der Waals surface area (Å²) in [4.78, 5) is 49.1. The number of carboxylic acids is 1. The number of benzene rings is 2. The fraction of sp³-hybridized carbons (Fsp3) is 0.394. The number of hydrogen-bond donors (Lipinski definition) is 3. The Hall–Kier alpha value is -4.49. The Morgan fingerprint density at radius 1 is 0.978 bits per heavy atom. The van der Waals surface area contributed by atoms with Crippen molar-refractivity contribution in [3.05, 3.63) is 72.2 Å². The second-order valence-corrected chi connectivity index (χ2v) is 13.7. The molecule has 1 unspecified atom stereocenters. The molecule has 2 atom stereocenters. The molecule has 2 aromatic carbocycles. The average Bonchev–Trinajstić information content (AvgIpc) is 3.60. The van der Waals surface area contributed by atoms with Crippen LogP contribution in [0.25, 0.3) is 21.9 Å². The summed E-state index contributed by atoms with van der Waals surface area (Å²) in [5, 5.41) is 15.7. The maximum atomic E-state index is 13.1. The molecule has 1 saturated heterocycles. The van der Waals surface area contributed by atoms with E-state index in [9.17, 15) is 27.6 Å². The standard InChI is InChI=1S/C24H33N3O6S.C9H6O3/c1-4-12-34(31,32)27-11-7-9-18(20(28)15-27)25-23(29)19(13-16(2)3)26-24(30)22-14-17-8-5-6-10-21(17)33-22;10-9(11)8-5-6-3-1-2-4-7(6)12-8/h5-6,8,10,14,16,18-19H,4,7,9,11-13,15H2,1-3H3,(H,25,29)(H,26,30);1-5H,(H,10,11)/t18?,19-;/m0./s1. The van der Waals surface area contributed by atoms with Crippen molar-refractivity contribution in [1.29, 1.82) is 0 Å². The quantitative estimate of drug-likeness (QED) is 0.221. The minimum absolute atomic E-state index is 0.0123. The van der Waals surface area contributed by atoms with Crippen LogP contribution < -0.4 is 10.6 Å². The van der Waals surface area contributed by atoms with Gasteiger partial charge in [0, 0.05) is 17.3 Å². The summed E-state index contributed by atoms with van der Waals surface area (Å²) >= 11 is 0. The third-order valence-corrected chi connectivity index (χ3v) is 9.43. The van der Waals surface area contributed by atoms with Crippen LogP contribution in [0.1, 0.15) is 67.6 Å². The normalized spacial score (nSPS) is 16.4. The lowest BCUT2D eigenvalue weighted by molar-refractivity contribution is -0.129. The Labute approximate surface area is 267 Å². The molecule has 246 valence electrons. The molecule has 2 amide bonds. The summed E-state index contributed by atoms with van der Waals surface area (Å²) in [7, 11) is -3.50. The summed E-state index contributed by atoms with van der Waals surface area (Å²) in [6, 6.07) is 15.9. The number of carbonyl (C=O) groups excluding carboxylic acids is 3. The second-order valence-electron chi connectivity index (χ2n) is 11.6. The zero-order chi connectivity index (χ0) is 33.4. The van der Waals surface area contributed by atoms with Crippen LogP contribution in [0.2, 0.25) is 0 Å². The van der Waals surface area contributed by atoms with E-state index in [2.05, 4.69) is 10.6 Å². The number of amides is 2. The molecule has 0 aliphatic carbocycles. The molecule has 1 aliphatic rings. The third kappa shape index (κ3) is 8.82. The van der Waals surface area contributed by atoms with Crippen molar-refractivity contribution in [2.45, 2.75) is 58.5 Å². The Morgan fingerprint density at radius 2 is 1.57 bits per heavy atom. The maximum Gasteiger partial charge on any atom is 0.371 e. The van der Waals surface area contributed by atoms with Crippen molar-refractivity contribution in [3.8, 4) is 0 Å². The van der Waals surface area contributed by atoms with Gasteiger partial charge < -0.3 is 24.6 Å². The van der Waals surface area contributed by atoms with Crippen molar-refractivity contribution in [2.24, 2.45) is 5.92 Å². The number of ketones is 1. The predicted molar refractivity (Wildman–Crippen MR) is 172 cm³/mol. The number of sulfonamides is 1. The number of para-hydroxylation sites is 2. The van der Waals surface area contributed by atoms with E-state index in [1.807, 2.05) is 38.1 Å². The zero-order valence-electron chi connectivity index (χ0n) is 26.0. The molecule has 0 spiro atoms. The molecule has 4 aromatic rings. The van der Waals surface area contributed by atoms with Crippen LogP contribution in [-0.2, 0) is 19.6 Å². The summed E-state index contributed by atoms with van der Waals surface area (Å²) in [5.74, 6) is -2.19. The van der Waals surface area contributed by atoms with Crippen molar-refractivity contribution < 1.29 is 41.5 Å². The molecular formula is C33H39N3O9S. The van der Waals surface area contributed by atoms with Gasteiger partial charge >= 0.3 is 5.97 Å². The Kier molecular flexibility index (Phi) is 11.4. The molecule has 12 nitrogen and oxygen atoms in total. The van der Waals surface area contributed by atoms with E-state index in [1.54, 1.807) is 37.3 Å². The van der Waals surface area contributed by atoms with E-state index in [0.29, 0.717) is 36.8 Å². The van der Waals surface area contributed by atoms with Crippen LogP contribution in [0.4, 0.5) is 0 Å². The van der Waals surface area contributed by atoms with Crippen molar-refractivity contribution in [3.63, 3.8) is 0 Å². The van der Waals surface area contributed by atoms with Gasteiger partial charge in [-0.05, 0) is 55.9 Å². The van der Waals surface area contributed by atoms with Crippen molar-refractivity contribution >= 4 is 55.5 Å². The van der Waals surface area contributed by atoms with E-state index in [-0.39, 0.29) is 42.1 Å². The van der Waals surface area contributed by atoms with Gasteiger partial charge in [0.2, 0.25) is 21.7 Å². The highest BCUT2D eigenvalue weighted by atomic mass is 32.2. The number of hydrogen-bond acceptors (Lipinski definition) is 8. The number of nitrogens with zero attached hydrogens (tertiary/aromatic N) is 1. The summed E-state index contributed by atoms with van der Waals surface area (Å²) in [5.41, 5.74) is 1.18. The fourth-order valence-electron chi connectivity index (χ4n) is 5.16. The van der Waals surface area contributed by atoms with Gasteiger partial charge in [0.25, 0.3) is 5.91 Å². The van der Waals surface area contributed by atoms with Gasteiger partial charge in [-0.15, -0.1) is 0 Å². The molecule has 3 heterocycles. The van der Waals surface area contributed by atoms with E-state index >= 15 is 0 Å². The molecule has 0 bridgehead atoms. The number of aromatic carboxylic acids is 1. The second kappa shape index (κ2) is 15.2. The summed E-state index contributed by atoms with van der Waals surface area (Å²) in [6.07, 6.45) is 1.64. The number of carbonyl (C=O) groups is 4. The lowest BCUT2D eigenvalue weighted by atomic mass is 10.0. The smallest absolute Gasteiger partial charge is 0.371 e. The molecule has 0 radical (unpaired) electrons. The van der Waals surface area contributed by atoms with Gasteiger partial charge in [-0.3, -0.25) is 14.4 Å². The van der Waals surface area contributed by atoms with Crippen LogP contribution in [-0.4, -0.2) is 72.3 Å². The first-order chi connectivity index (χ1) is 21.9. The highest BCUT2D eigenvalue weighted by Gasteiger charge is 2.33. The van der Waals surface area contributed by atoms with Crippen LogP contribution >= 0.6 is 0 Å². The first-order valence-electron chi connectivity index (χ1n) is 15.2. The number of nitrogens with one attached hydrogen (secondary N) is 2. The van der Waals surface area contributed by atoms with Crippen molar-refractivity contribution in [2.75, 3.05) is 18.8 Å². The largest absolute Gasteiger partial charge is 0.475 e. The molecule has 13 heteroatoms. The van der Waals surface area contributed by atoms with E-state index in [0.717, 1.165) is 10.8 Å². The van der Waals surface area contributed by atoms with Gasteiger partial charge in [0.05, 0.1) is 18.3 Å². The summed E-state index contributed by atoms with van der Waals surface area (Å²) < 4.78 is 36.6. The summed E-state index contributed by atoms with van der Waals surface area (Å²) in [6.45, 7) is 5.63. The predicted octanol–water partition coefficient (Wildman–Crippen LogP) is 4.60. The molecule has 1 aliphatic heterocycles. The van der Waals surface area contributed by atoms with Crippen LogP contribution in [0.5, 0.6) is 0 Å². The van der Waals surface area contributed by atoms with Gasteiger partial charge in [-0.2, -0.15) is 4.31 Å². The van der Waals surface area contributed by atoms with Gasteiger partial charge in [-0.1, -0.05) is 57.2 Å². The SMILES string of the molecule is CCCS(=O)(=O)N1CCCC(NC(=O)[C@H](CC(C)C)NC(=O)c2cc3ccccc3o2)C(=O)C1.O=C(O)c1cc2ccccc2o1. The van der Waals surface area contributed by atoms with Gasteiger partial charge in [0.15, 0.2) is 11.5 Å². The lowest BCUT2D eigenvalue weighted by Crippen LogP contribution is -2.52. The van der Waals surface area contributed by atoms with Crippen LogP contribution in [0.3, 0.4) is 0 Å². The van der Waals surface area contributed by atoms with Crippen LogP contribution in [0.15, 0.2) is 69.5 Å². The highest BCUT2D eigenvalue weighted by Crippen LogP contribution is 2.20. The molecular weight excluding hydrogens is 614 g/mol. The Balaban J connectivity index is 0.000000331. The fourth-order valence-corrected chi connectivity index (χ4v) is 6.66. The number of furan rings is 2. The minimum Gasteiger partial charge on any atom is -0.475 e. The third-order valence-electron chi connectivity index (χ3n) is 7.41. The molecule has 1 fully saturated rings. The average molecular weight is 654 g/mol. The first kappa shape index (κ1) is 34.4. The lowest BCUT2D eigenvalue weighted by Gasteiger charge is -2.23. The van der Waals surface area contributed by atoms with Gasteiger partial charge in [-0.25, -0.2) is 13.2 Å². The Bertz CT molecular complexity index is 1740. The molecule has 2 aromatic heterocycles. The number of Topliss-reactive ketones (excluding diaryl/α,β-unsaturated/α-hetero) is 1. The number of rotatable bonds is 10. The zero-order valence-corrected chi connectivity index (χ0v) is 26.8. The molecule has 3 N–H and O–H groups in total. The topological polar surface area (TPSA) is 176 Å². The first-order valence-corrected chi connectivity index (χ1v) is 16.8.